The fourth-order valence-corrected chi connectivity index (χ4v) is 2.00. The van der Waals surface area contributed by atoms with E-state index in [4.69, 9.17) is 6.85 Å². The summed E-state index contributed by atoms with van der Waals surface area (Å²) in [7, 11) is 0. The zero-order valence-corrected chi connectivity index (χ0v) is 11.8. The van der Waals surface area contributed by atoms with Gasteiger partial charge in [0.1, 0.15) is 0 Å². The van der Waals surface area contributed by atoms with Gasteiger partial charge < -0.3 is 10.0 Å². The summed E-state index contributed by atoms with van der Waals surface area (Å²) < 4.78 is 39.2. The molecule has 0 aliphatic heterocycles. The van der Waals surface area contributed by atoms with Crippen LogP contribution in [0.15, 0.2) is 54.7 Å². The number of carbonyl (C=O) groups excluding carboxylic acids is 1. The smallest absolute Gasteiger partial charge is 0.232 e. The summed E-state index contributed by atoms with van der Waals surface area (Å²) in [5.41, 5.74) is 0.657. The molecule has 2 aromatic rings. The van der Waals surface area contributed by atoms with E-state index in [-0.39, 0.29) is 12.1 Å². The van der Waals surface area contributed by atoms with E-state index < -0.39 is 48.6 Å². The number of likely N-dealkylation sites (N-methyl/N-ethyl adjacent to an activating group) is 1. The summed E-state index contributed by atoms with van der Waals surface area (Å²) in [6, 6.07) is 1.00. The predicted molar refractivity (Wildman–Crippen MR) is 81.6 cm³/mol. The van der Waals surface area contributed by atoms with Gasteiger partial charge in [-0.25, -0.2) is 0 Å². The van der Waals surface area contributed by atoms with E-state index in [1.165, 1.54) is 4.90 Å². The van der Waals surface area contributed by atoms with Crippen molar-refractivity contribution in [3.8, 4) is 0 Å². The van der Waals surface area contributed by atoms with Crippen molar-refractivity contribution in [2.24, 2.45) is 0 Å². The Morgan fingerprint density at radius 3 is 2.57 bits per heavy atom. The molecule has 0 bridgehead atoms. The van der Waals surface area contributed by atoms with Gasteiger partial charge in [0.2, 0.25) is 5.91 Å². The molecule has 110 valence electrons. The van der Waals surface area contributed by atoms with Crippen LogP contribution >= 0.6 is 0 Å². The summed E-state index contributed by atoms with van der Waals surface area (Å²) >= 11 is 0. The Morgan fingerprint density at radius 1 is 1.33 bits per heavy atom. The second kappa shape index (κ2) is 7.55. The SMILES string of the molecule is [2H]c1c([2H])c([2H])c(C(CO)C(=O)N(CC)Cc2ccncc2)c([2H])c1[2H]. The van der Waals surface area contributed by atoms with Gasteiger partial charge in [-0.05, 0) is 30.2 Å². The van der Waals surface area contributed by atoms with Crippen molar-refractivity contribution >= 4 is 5.91 Å². The highest BCUT2D eigenvalue weighted by molar-refractivity contribution is 5.83. The lowest BCUT2D eigenvalue weighted by Gasteiger charge is -2.25. The molecular weight excluding hydrogens is 264 g/mol. The van der Waals surface area contributed by atoms with Crippen LogP contribution in [0.1, 0.15) is 30.8 Å². The minimum absolute atomic E-state index is 0.184. The van der Waals surface area contributed by atoms with E-state index in [1.807, 2.05) is 0 Å². The first-order valence-corrected chi connectivity index (χ1v) is 6.68. The number of aliphatic hydroxyl groups excluding tert-OH is 1. The van der Waals surface area contributed by atoms with Gasteiger partial charge >= 0.3 is 0 Å². The van der Waals surface area contributed by atoms with E-state index in [0.29, 0.717) is 6.54 Å². The van der Waals surface area contributed by atoms with Gasteiger partial charge in [0.25, 0.3) is 0 Å². The third-order valence-electron chi connectivity index (χ3n) is 3.16. The molecular formula is C17H20N2O2. The molecule has 0 aliphatic rings. The zero-order chi connectivity index (χ0) is 19.4. The standard InChI is InChI=1S/C17H20N2O2/c1-2-19(12-14-8-10-18-11-9-14)17(21)16(13-20)15-6-4-3-5-7-15/h3-11,16,20H,2,12-13H2,1H3/i3D,4D,5D,6D,7D. The van der Waals surface area contributed by atoms with Gasteiger partial charge in [0, 0.05) is 25.5 Å². The maximum atomic E-state index is 12.9. The lowest BCUT2D eigenvalue weighted by molar-refractivity contribution is -0.134. The van der Waals surface area contributed by atoms with E-state index in [0.717, 1.165) is 5.56 Å². The van der Waals surface area contributed by atoms with E-state index >= 15 is 0 Å². The van der Waals surface area contributed by atoms with Crippen LogP contribution in [-0.4, -0.2) is 34.0 Å². The van der Waals surface area contributed by atoms with Crippen LogP contribution in [0.3, 0.4) is 0 Å². The predicted octanol–water partition coefficient (Wildman–Crippen LogP) is 2.21. The lowest BCUT2D eigenvalue weighted by Crippen LogP contribution is -2.36. The van der Waals surface area contributed by atoms with E-state index in [1.54, 1.807) is 31.5 Å². The first kappa shape index (κ1) is 9.68. The minimum atomic E-state index is -1.23. The molecule has 0 saturated heterocycles. The Bertz CT molecular complexity index is 772. The molecule has 1 aromatic heterocycles. The lowest BCUT2D eigenvalue weighted by atomic mass is 9.98. The molecule has 1 heterocycles. The molecule has 0 fully saturated rings. The van der Waals surface area contributed by atoms with Gasteiger partial charge in [-0.1, -0.05) is 30.2 Å². The Kier molecular flexibility index (Phi) is 3.48. The van der Waals surface area contributed by atoms with Crippen LogP contribution in [0.5, 0.6) is 0 Å². The molecule has 21 heavy (non-hydrogen) atoms. The largest absolute Gasteiger partial charge is 0.395 e. The van der Waals surface area contributed by atoms with Gasteiger partial charge in [-0.2, -0.15) is 0 Å². The van der Waals surface area contributed by atoms with Gasteiger partial charge in [0.15, 0.2) is 0 Å². The number of pyridine rings is 1. The van der Waals surface area contributed by atoms with Crippen LogP contribution in [0.4, 0.5) is 0 Å². The molecule has 4 heteroatoms. The van der Waals surface area contributed by atoms with Crippen molar-refractivity contribution in [3.63, 3.8) is 0 Å². The number of benzene rings is 1. The minimum Gasteiger partial charge on any atom is -0.395 e. The average molecular weight is 289 g/mol. The fourth-order valence-electron chi connectivity index (χ4n) is 2.00. The van der Waals surface area contributed by atoms with Crippen molar-refractivity contribution in [2.75, 3.05) is 13.2 Å². The number of aromatic nitrogens is 1. The molecule has 1 unspecified atom stereocenters. The fraction of sp³-hybridized carbons (Fsp3) is 0.294. The summed E-state index contributed by atoms with van der Waals surface area (Å²) in [6.45, 7) is 1.73. The Labute approximate surface area is 132 Å². The molecule has 4 nitrogen and oxygen atoms in total. The Balaban J connectivity index is 2.43. The number of rotatable bonds is 6. The molecule has 0 spiro atoms. The van der Waals surface area contributed by atoms with Crippen molar-refractivity contribution in [3.05, 3.63) is 65.9 Å². The zero-order valence-electron chi connectivity index (χ0n) is 16.8. The highest BCUT2D eigenvalue weighted by Crippen LogP contribution is 2.19. The number of aliphatic hydroxyl groups is 1. The topological polar surface area (TPSA) is 53.4 Å². The number of hydrogen-bond donors (Lipinski definition) is 1. The molecule has 1 aromatic carbocycles. The van der Waals surface area contributed by atoms with E-state index in [9.17, 15) is 9.90 Å². The average Bonchev–Trinajstić information content (AvgIpc) is 2.66. The van der Waals surface area contributed by atoms with Crippen LogP contribution in [-0.2, 0) is 11.3 Å². The summed E-state index contributed by atoms with van der Waals surface area (Å²) in [6.07, 6.45) is 3.21. The summed E-state index contributed by atoms with van der Waals surface area (Å²) in [5, 5.41) is 9.77. The normalized spacial score (nSPS) is 15.2. The molecule has 2 rings (SSSR count). The Hall–Kier alpha value is -2.20. The third-order valence-corrected chi connectivity index (χ3v) is 3.16. The van der Waals surface area contributed by atoms with Crippen molar-refractivity contribution < 1.29 is 16.8 Å². The van der Waals surface area contributed by atoms with Crippen LogP contribution in [0.25, 0.3) is 0 Å². The number of carbonyl (C=O) groups is 1. The quantitative estimate of drug-likeness (QED) is 0.887. The van der Waals surface area contributed by atoms with Crippen LogP contribution in [0.2, 0.25) is 0 Å². The molecule has 1 atom stereocenters. The van der Waals surface area contributed by atoms with Crippen molar-refractivity contribution in [1.29, 1.82) is 0 Å². The molecule has 1 amide bonds. The highest BCUT2D eigenvalue weighted by atomic mass is 16.3. The van der Waals surface area contributed by atoms with Crippen molar-refractivity contribution in [1.82, 2.24) is 9.88 Å². The Morgan fingerprint density at radius 2 is 2.00 bits per heavy atom. The third kappa shape index (κ3) is 3.89. The second-order valence-corrected chi connectivity index (χ2v) is 4.48. The maximum absolute atomic E-state index is 12.9. The van der Waals surface area contributed by atoms with Gasteiger partial charge in [-0.15, -0.1) is 0 Å². The van der Waals surface area contributed by atoms with Crippen molar-refractivity contribution in [2.45, 2.75) is 19.4 Å². The molecule has 0 saturated carbocycles. The monoisotopic (exact) mass is 289 g/mol. The van der Waals surface area contributed by atoms with E-state index in [2.05, 4.69) is 4.98 Å². The summed E-state index contributed by atoms with van der Waals surface area (Å²) in [4.78, 5) is 18.3. The highest BCUT2D eigenvalue weighted by Gasteiger charge is 2.24. The molecule has 0 aliphatic carbocycles. The number of amides is 1. The molecule has 0 radical (unpaired) electrons. The first-order chi connectivity index (χ1) is 12.3. The second-order valence-electron chi connectivity index (χ2n) is 4.48. The number of hydrogen-bond acceptors (Lipinski definition) is 3. The van der Waals surface area contributed by atoms with Crippen LogP contribution < -0.4 is 0 Å². The van der Waals surface area contributed by atoms with Gasteiger partial charge in [0.05, 0.1) is 19.4 Å². The maximum Gasteiger partial charge on any atom is 0.232 e. The van der Waals surface area contributed by atoms with Gasteiger partial charge in [-0.3, -0.25) is 9.78 Å². The molecule has 1 N–H and O–H groups in total. The van der Waals surface area contributed by atoms with Crippen LogP contribution in [0, 0.1) is 0 Å². The summed E-state index contributed by atoms with van der Waals surface area (Å²) in [5.74, 6) is -1.73. The first-order valence-electron chi connectivity index (χ1n) is 9.18. The number of nitrogens with zero attached hydrogens (tertiary/aromatic N) is 2.